The first-order chi connectivity index (χ1) is 7.11. The Labute approximate surface area is 95.3 Å². The molecule has 0 fully saturated rings. The average molecular weight is 226 g/mol. The molecule has 0 unspecified atom stereocenters. The number of Topliss-reactive ketones (excluding diaryl/α,β-unsaturated/α-hetero) is 1. The van der Waals surface area contributed by atoms with Crippen molar-refractivity contribution in [1.29, 1.82) is 0 Å². The van der Waals surface area contributed by atoms with Gasteiger partial charge in [0.05, 0.1) is 6.10 Å². The van der Waals surface area contributed by atoms with Crippen molar-refractivity contribution in [2.24, 2.45) is 0 Å². The molecule has 84 valence electrons. The normalized spacial score (nSPS) is 10.9. The molecule has 0 atom stereocenters. The molecule has 0 bridgehead atoms. The maximum Gasteiger partial charge on any atom is 0.163 e. The van der Waals surface area contributed by atoms with E-state index in [2.05, 4.69) is 13.0 Å². The summed E-state index contributed by atoms with van der Waals surface area (Å²) in [7, 11) is 0. The second-order valence-corrected chi connectivity index (χ2v) is 5.05. The Bertz CT molecular complexity index is 315. The molecule has 0 aliphatic rings. The number of hydrogen-bond acceptors (Lipinski definition) is 3. The van der Waals surface area contributed by atoms with E-state index in [1.807, 2.05) is 19.9 Å². The van der Waals surface area contributed by atoms with Crippen molar-refractivity contribution in [3.8, 4) is 0 Å². The van der Waals surface area contributed by atoms with Crippen molar-refractivity contribution in [3.63, 3.8) is 0 Å². The van der Waals surface area contributed by atoms with Gasteiger partial charge < -0.3 is 4.74 Å². The van der Waals surface area contributed by atoms with Crippen LogP contribution < -0.4 is 0 Å². The highest BCUT2D eigenvalue weighted by atomic mass is 32.1. The standard InChI is InChI=1S/C12H18O2S/c1-4-11-5-6-12(15-11)7-10(13)8-14-9(2)3/h5-6,9H,4,7-8H2,1-3H3. The monoisotopic (exact) mass is 226 g/mol. The summed E-state index contributed by atoms with van der Waals surface area (Å²) >= 11 is 1.72. The fraction of sp³-hybridized carbons (Fsp3) is 0.583. The summed E-state index contributed by atoms with van der Waals surface area (Å²) in [5, 5.41) is 0. The van der Waals surface area contributed by atoms with Crippen LogP contribution in [-0.4, -0.2) is 18.5 Å². The molecular formula is C12H18O2S. The van der Waals surface area contributed by atoms with Gasteiger partial charge in [0.1, 0.15) is 6.61 Å². The maximum absolute atomic E-state index is 11.5. The fourth-order valence-electron chi connectivity index (χ4n) is 1.21. The van der Waals surface area contributed by atoms with E-state index in [0.29, 0.717) is 6.42 Å². The predicted octanol–water partition coefficient (Wildman–Crippen LogP) is 2.85. The first-order valence-corrected chi connectivity index (χ1v) is 6.14. The minimum absolute atomic E-state index is 0.128. The Hall–Kier alpha value is -0.670. The fourth-order valence-corrected chi connectivity index (χ4v) is 2.20. The third kappa shape index (κ3) is 4.58. The van der Waals surface area contributed by atoms with Crippen LogP contribution >= 0.6 is 11.3 Å². The van der Waals surface area contributed by atoms with Gasteiger partial charge in [0.25, 0.3) is 0 Å². The molecule has 0 saturated heterocycles. The number of rotatable bonds is 6. The van der Waals surface area contributed by atoms with E-state index in [1.54, 1.807) is 11.3 Å². The van der Waals surface area contributed by atoms with Crippen LogP contribution in [0.4, 0.5) is 0 Å². The van der Waals surface area contributed by atoms with E-state index >= 15 is 0 Å². The Morgan fingerprint density at radius 2 is 2.07 bits per heavy atom. The Balaban J connectivity index is 2.37. The molecule has 0 radical (unpaired) electrons. The molecule has 1 rings (SSSR count). The molecule has 1 aromatic rings. The molecule has 0 spiro atoms. The molecule has 3 heteroatoms. The maximum atomic E-state index is 11.5. The van der Waals surface area contributed by atoms with Gasteiger partial charge >= 0.3 is 0 Å². The van der Waals surface area contributed by atoms with Crippen LogP contribution in [-0.2, 0) is 22.4 Å². The lowest BCUT2D eigenvalue weighted by molar-refractivity contribution is -0.124. The highest BCUT2D eigenvalue weighted by Crippen LogP contribution is 2.17. The summed E-state index contributed by atoms with van der Waals surface area (Å²) in [5.74, 6) is 0.160. The second-order valence-electron chi connectivity index (χ2n) is 3.80. The largest absolute Gasteiger partial charge is 0.371 e. The summed E-state index contributed by atoms with van der Waals surface area (Å²) in [6, 6.07) is 4.13. The number of ether oxygens (including phenoxy) is 1. The molecular weight excluding hydrogens is 208 g/mol. The molecule has 1 heterocycles. The smallest absolute Gasteiger partial charge is 0.163 e. The zero-order valence-electron chi connectivity index (χ0n) is 9.58. The van der Waals surface area contributed by atoms with Crippen molar-refractivity contribution >= 4 is 17.1 Å². The minimum Gasteiger partial charge on any atom is -0.371 e. The van der Waals surface area contributed by atoms with Gasteiger partial charge in [-0.2, -0.15) is 0 Å². The van der Waals surface area contributed by atoms with Crippen molar-refractivity contribution in [1.82, 2.24) is 0 Å². The quantitative estimate of drug-likeness (QED) is 0.745. The second kappa shape index (κ2) is 6.03. The first kappa shape index (κ1) is 12.4. The van der Waals surface area contributed by atoms with Crippen LogP contribution in [0.1, 0.15) is 30.5 Å². The molecule has 1 aromatic heterocycles. The molecule has 0 N–H and O–H groups in total. The Morgan fingerprint density at radius 1 is 1.40 bits per heavy atom. The lowest BCUT2D eigenvalue weighted by Gasteiger charge is -2.05. The van der Waals surface area contributed by atoms with Crippen molar-refractivity contribution in [3.05, 3.63) is 21.9 Å². The van der Waals surface area contributed by atoms with Gasteiger partial charge in [-0.3, -0.25) is 4.79 Å². The van der Waals surface area contributed by atoms with Crippen LogP contribution in [0, 0.1) is 0 Å². The molecule has 0 aromatic carbocycles. The SMILES string of the molecule is CCc1ccc(CC(=O)COC(C)C)s1. The Morgan fingerprint density at radius 3 is 2.60 bits per heavy atom. The van der Waals surface area contributed by atoms with Crippen LogP contribution in [0.2, 0.25) is 0 Å². The summed E-state index contributed by atoms with van der Waals surface area (Å²) in [6.07, 6.45) is 1.68. The molecule has 15 heavy (non-hydrogen) atoms. The lowest BCUT2D eigenvalue weighted by atomic mass is 10.2. The van der Waals surface area contributed by atoms with E-state index in [9.17, 15) is 4.79 Å². The third-order valence-corrected chi connectivity index (χ3v) is 3.24. The summed E-state index contributed by atoms with van der Waals surface area (Å²) in [5.41, 5.74) is 0. The zero-order valence-corrected chi connectivity index (χ0v) is 10.4. The van der Waals surface area contributed by atoms with Crippen molar-refractivity contribution in [2.45, 2.75) is 39.7 Å². The van der Waals surface area contributed by atoms with E-state index in [4.69, 9.17) is 4.74 Å². The summed E-state index contributed by atoms with van der Waals surface area (Å²) in [6.45, 7) is 6.23. The van der Waals surface area contributed by atoms with E-state index < -0.39 is 0 Å². The van der Waals surface area contributed by atoms with Gasteiger partial charge in [0, 0.05) is 16.2 Å². The van der Waals surface area contributed by atoms with Gasteiger partial charge in [0.15, 0.2) is 5.78 Å². The summed E-state index contributed by atoms with van der Waals surface area (Å²) in [4.78, 5) is 14.0. The number of carbonyl (C=O) groups is 1. The Kier molecular flexibility index (Phi) is 4.99. The van der Waals surface area contributed by atoms with E-state index in [-0.39, 0.29) is 18.5 Å². The third-order valence-electron chi connectivity index (χ3n) is 2.01. The number of aryl methyl sites for hydroxylation is 1. The van der Waals surface area contributed by atoms with E-state index in [1.165, 1.54) is 4.88 Å². The van der Waals surface area contributed by atoms with Gasteiger partial charge in [-0.15, -0.1) is 11.3 Å². The number of carbonyl (C=O) groups excluding carboxylic acids is 1. The summed E-state index contributed by atoms with van der Waals surface area (Å²) < 4.78 is 5.26. The molecule has 2 nitrogen and oxygen atoms in total. The highest BCUT2D eigenvalue weighted by Gasteiger charge is 2.07. The van der Waals surface area contributed by atoms with Gasteiger partial charge in [-0.05, 0) is 32.4 Å². The lowest BCUT2D eigenvalue weighted by Crippen LogP contribution is -2.14. The van der Waals surface area contributed by atoms with Crippen LogP contribution in [0.15, 0.2) is 12.1 Å². The first-order valence-electron chi connectivity index (χ1n) is 5.32. The van der Waals surface area contributed by atoms with Crippen LogP contribution in [0.3, 0.4) is 0 Å². The average Bonchev–Trinajstić information content (AvgIpc) is 2.62. The molecule has 0 aliphatic heterocycles. The molecule has 0 saturated carbocycles. The van der Waals surface area contributed by atoms with Crippen molar-refractivity contribution in [2.75, 3.05) is 6.61 Å². The number of thiophene rings is 1. The zero-order chi connectivity index (χ0) is 11.3. The van der Waals surface area contributed by atoms with Gasteiger partial charge in [-0.25, -0.2) is 0 Å². The predicted molar refractivity (Wildman–Crippen MR) is 63.5 cm³/mol. The van der Waals surface area contributed by atoms with Crippen LogP contribution in [0.25, 0.3) is 0 Å². The molecule has 0 aliphatic carbocycles. The van der Waals surface area contributed by atoms with Gasteiger partial charge in [0.2, 0.25) is 0 Å². The highest BCUT2D eigenvalue weighted by molar-refractivity contribution is 7.12. The molecule has 0 amide bonds. The minimum atomic E-state index is 0.128. The number of hydrogen-bond donors (Lipinski definition) is 0. The van der Waals surface area contributed by atoms with Crippen molar-refractivity contribution < 1.29 is 9.53 Å². The van der Waals surface area contributed by atoms with Gasteiger partial charge in [-0.1, -0.05) is 6.92 Å². The van der Waals surface area contributed by atoms with E-state index in [0.717, 1.165) is 11.3 Å². The van der Waals surface area contributed by atoms with Crippen LogP contribution in [0.5, 0.6) is 0 Å². The topological polar surface area (TPSA) is 26.3 Å². The number of ketones is 1.